The Bertz CT molecular complexity index is 65.4. The topological polar surface area (TPSA) is 55.1 Å². The van der Waals surface area contributed by atoms with E-state index < -0.39 is 0 Å². The van der Waals surface area contributed by atoms with Crippen LogP contribution in [0.1, 0.15) is 19.8 Å². The molecular formula is C5H11N2O. The maximum atomic E-state index is 9.68. The average Bonchev–Trinajstić information content (AvgIpc) is 1.68. The fourth-order valence-corrected chi connectivity index (χ4v) is 0.417. The van der Waals surface area contributed by atoms with Crippen molar-refractivity contribution < 1.29 is 4.79 Å². The number of carbonyl (C=O) groups excluding carboxylic acids is 1. The van der Waals surface area contributed by atoms with E-state index in [0.717, 1.165) is 12.8 Å². The number of nitrogens with two attached hydrogens (primary N) is 1. The van der Waals surface area contributed by atoms with Gasteiger partial charge in [0.1, 0.15) is 6.17 Å². The van der Waals surface area contributed by atoms with Crippen molar-refractivity contribution >= 4 is 6.41 Å². The van der Waals surface area contributed by atoms with Gasteiger partial charge < -0.3 is 11.1 Å². The van der Waals surface area contributed by atoms with E-state index in [-0.39, 0.29) is 0 Å². The summed E-state index contributed by atoms with van der Waals surface area (Å²) < 4.78 is 0. The molecule has 0 spiro atoms. The van der Waals surface area contributed by atoms with Gasteiger partial charge in [0.25, 0.3) is 0 Å². The third kappa shape index (κ3) is 3.61. The van der Waals surface area contributed by atoms with Crippen molar-refractivity contribution in [2.75, 3.05) is 0 Å². The first-order chi connectivity index (χ1) is 3.81. The summed E-state index contributed by atoms with van der Waals surface area (Å²) in [5.41, 5.74) is 5.27. The Labute approximate surface area is 49.3 Å². The zero-order chi connectivity index (χ0) is 6.41. The van der Waals surface area contributed by atoms with Gasteiger partial charge in [-0.05, 0) is 6.42 Å². The summed E-state index contributed by atoms with van der Waals surface area (Å²) in [6.07, 6.45) is 2.86. The second-order valence-electron chi connectivity index (χ2n) is 1.54. The van der Waals surface area contributed by atoms with Crippen molar-refractivity contribution in [1.29, 1.82) is 0 Å². The molecule has 0 fully saturated rings. The highest BCUT2D eigenvalue weighted by atomic mass is 16.1. The van der Waals surface area contributed by atoms with E-state index in [1.165, 1.54) is 0 Å². The lowest BCUT2D eigenvalue weighted by atomic mass is 10.3. The summed E-state index contributed by atoms with van der Waals surface area (Å²) in [5, 5.41) is 2.36. The third-order valence-corrected chi connectivity index (χ3v) is 0.764. The molecule has 0 rings (SSSR count). The van der Waals surface area contributed by atoms with Crippen LogP contribution in [0.2, 0.25) is 0 Å². The molecule has 3 nitrogen and oxygen atoms in total. The van der Waals surface area contributed by atoms with E-state index in [1.807, 2.05) is 6.92 Å². The van der Waals surface area contributed by atoms with E-state index in [4.69, 9.17) is 5.73 Å². The van der Waals surface area contributed by atoms with Gasteiger partial charge in [-0.3, -0.25) is 4.79 Å². The lowest BCUT2D eigenvalue weighted by Crippen LogP contribution is -2.26. The van der Waals surface area contributed by atoms with Gasteiger partial charge in [-0.25, -0.2) is 0 Å². The van der Waals surface area contributed by atoms with Gasteiger partial charge in [0.2, 0.25) is 6.41 Å². The van der Waals surface area contributed by atoms with Crippen LogP contribution in [-0.2, 0) is 4.79 Å². The van der Waals surface area contributed by atoms with Crippen molar-refractivity contribution in [1.82, 2.24) is 5.32 Å². The lowest BCUT2D eigenvalue weighted by Gasteiger charge is -2.04. The zero-order valence-electron chi connectivity index (χ0n) is 4.98. The van der Waals surface area contributed by atoms with Crippen LogP contribution in [0, 0.1) is 6.17 Å². The minimum Gasteiger partial charge on any atom is -0.337 e. The minimum atomic E-state index is 0.544. The molecule has 0 aliphatic carbocycles. The Balaban J connectivity index is 3.03. The number of nitrogens with one attached hydrogen (secondary N) is 1. The molecule has 0 bridgehead atoms. The van der Waals surface area contributed by atoms with E-state index in [1.54, 1.807) is 0 Å². The van der Waals surface area contributed by atoms with Gasteiger partial charge in [-0.15, -0.1) is 0 Å². The Morgan fingerprint density at radius 2 is 2.50 bits per heavy atom. The average molecular weight is 115 g/mol. The molecule has 0 aromatic rings. The van der Waals surface area contributed by atoms with E-state index in [2.05, 4.69) is 5.32 Å². The van der Waals surface area contributed by atoms with Gasteiger partial charge >= 0.3 is 0 Å². The number of carbonyl (C=O) groups is 1. The highest BCUT2D eigenvalue weighted by molar-refractivity contribution is 5.48. The molecule has 0 aliphatic rings. The normalized spacial score (nSPS) is 9.38. The quantitative estimate of drug-likeness (QED) is 0.506. The first kappa shape index (κ1) is 7.43. The standard InChI is InChI=1S/C5H11N2O/c1-2-3-5(6)7-4-8/h4H,2-3,6H2,1H3,(H,7,8). The first-order valence-electron chi connectivity index (χ1n) is 2.62. The summed E-state index contributed by atoms with van der Waals surface area (Å²) in [7, 11) is 0. The van der Waals surface area contributed by atoms with Gasteiger partial charge in [-0.2, -0.15) is 0 Å². The van der Waals surface area contributed by atoms with E-state index in [9.17, 15) is 4.79 Å². The van der Waals surface area contributed by atoms with Crippen LogP contribution >= 0.6 is 0 Å². The molecule has 47 valence electrons. The summed E-state index contributed by atoms with van der Waals surface area (Å²) in [5.74, 6) is 0. The third-order valence-electron chi connectivity index (χ3n) is 0.764. The molecule has 0 aromatic heterocycles. The number of amides is 1. The molecule has 0 saturated carbocycles. The van der Waals surface area contributed by atoms with Crippen molar-refractivity contribution in [3.8, 4) is 0 Å². The highest BCUT2D eigenvalue weighted by Crippen LogP contribution is 1.93. The van der Waals surface area contributed by atoms with Gasteiger partial charge in [-0.1, -0.05) is 13.3 Å². The second kappa shape index (κ2) is 4.59. The summed E-state index contributed by atoms with van der Waals surface area (Å²) >= 11 is 0. The summed E-state index contributed by atoms with van der Waals surface area (Å²) in [4.78, 5) is 9.68. The number of rotatable bonds is 4. The Morgan fingerprint density at radius 3 is 2.88 bits per heavy atom. The predicted octanol–water partition coefficient (Wildman–Crippen LogP) is -0.0193. The molecule has 0 atom stereocenters. The Kier molecular flexibility index (Phi) is 4.26. The van der Waals surface area contributed by atoms with Crippen LogP contribution in [0.5, 0.6) is 0 Å². The summed E-state index contributed by atoms with van der Waals surface area (Å²) in [6, 6.07) is 0. The molecule has 3 N–H and O–H groups in total. The molecule has 0 unspecified atom stereocenters. The van der Waals surface area contributed by atoms with Crippen LogP contribution in [-0.4, -0.2) is 6.41 Å². The fraction of sp³-hybridized carbons (Fsp3) is 0.600. The zero-order valence-corrected chi connectivity index (χ0v) is 4.98. The fourth-order valence-electron chi connectivity index (χ4n) is 0.417. The van der Waals surface area contributed by atoms with Crippen LogP contribution in [0.15, 0.2) is 0 Å². The van der Waals surface area contributed by atoms with Crippen LogP contribution in [0.25, 0.3) is 0 Å². The second-order valence-corrected chi connectivity index (χ2v) is 1.54. The molecular weight excluding hydrogens is 104 g/mol. The maximum absolute atomic E-state index is 9.68. The van der Waals surface area contributed by atoms with E-state index in [0.29, 0.717) is 12.6 Å². The van der Waals surface area contributed by atoms with Gasteiger partial charge in [0.05, 0.1) is 0 Å². The minimum absolute atomic E-state index is 0.544. The summed E-state index contributed by atoms with van der Waals surface area (Å²) in [6.45, 7) is 2.00. The van der Waals surface area contributed by atoms with Crippen molar-refractivity contribution in [3.63, 3.8) is 0 Å². The van der Waals surface area contributed by atoms with Crippen LogP contribution in [0.4, 0.5) is 0 Å². The Morgan fingerprint density at radius 1 is 1.88 bits per heavy atom. The Hall–Kier alpha value is -0.570. The van der Waals surface area contributed by atoms with Gasteiger partial charge in [0, 0.05) is 0 Å². The SMILES string of the molecule is CCC[C](N)NC=O. The van der Waals surface area contributed by atoms with Gasteiger partial charge in [0.15, 0.2) is 0 Å². The number of hydrogen-bond donors (Lipinski definition) is 2. The van der Waals surface area contributed by atoms with Crippen molar-refractivity contribution in [3.05, 3.63) is 6.17 Å². The molecule has 0 aliphatic heterocycles. The molecule has 1 radical (unpaired) electrons. The molecule has 0 heterocycles. The van der Waals surface area contributed by atoms with Crippen molar-refractivity contribution in [2.24, 2.45) is 5.73 Å². The van der Waals surface area contributed by atoms with Crippen molar-refractivity contribution in [2.45, 2.75) is 19.8 Å². The highest BCUT2D eigenvalue weighted by Gasteiger charge is 1.95. The van der Waals surface area contributed by atoms with E-state index >= 15 is 0 Å². The first-order valence-corrected chi connectivity index (χ1v) is 2.62. The molecule has 1 amide bonds. The van der Waals surface area contributed by atoms with Crippen LogP contribution in [0.3, 0.4) is 0 Å². The largest absolute Gasteiger partial charge is 0.337 e. The maximum Gasteiger partial charge on any atom is 0.208 e. The number of hydrogen-bond acceptors (Lipinski definition) is 2. The lowest BCUT2D eigenvalue weighted by molar-refractivity contribution is -0.109. The molecule has 0 aromatic carbocycles. The predicted molar refractivity (Wildman–Crippen MR) is 31.5 cm³/mol. The molecule has 8 heavy (non-hydrogen) atoms. The monoisotopic (exact) mass is 115 g/mol. The smallest absolute Gasteiger partial charge is 0.208 e. The molecule has 3 heteroatoms. The van der Waals surface area contributed by atoms with Crippen LogP contribution < -0.4 is 11.1 Å². The molecule has 0 saturated heterocycles.